The minimum atomic E-state index is -2.92. The van der Waals surface area contributed by atoms with Crippen LogP contribution in [0.5, 0.6) is 5.75 Å². The monoisotopic (exact) mass is 370 g/mol. The number of carbonyl (C=O) groups is 1. The molecule has 0 unspecified atom stereocenters. The zero-order valence-corrected chi connectivity index (χ0v) is 13.3. The molecular formula is C15H13BrF2N2O2. The molecule has 1 aromatic carbocycles. The highest BCUT2D eigenvalue weighted by Gasteiger charge is 2.14. The average Bonchev–Trinajstić information content (AvgIpc) is 2.86. The van der Waals surface area contributed by atoms with Crippen molar-refractivity contribution in [2.24, 2.45) is 0 Å². The Morgan fingerprint density at radius 3 is 2.86 bits per heavy atom. The molecule has 0 spiro atoms. The van der Waals surface area contributed by atoms with Crippen molar-refractivity contribution >= 4 is 27.8 Å². The number of alkyl halides is 2. The summed E-state index contributed by atoms with van der Waals surface area (Å²) in [4.78, 5) is 12.2. The third-order valence-corrected chi connectivity index (χ3v) is 3.46. The number of nitrogens with zero attached hydrogens (tertiary/aromatic N) is 2. The van der Waals surface area contributed by atoms with E-state index in [0.29, 0.717) is 22.3 Å². The van der Waals surface area contributed by atoms with E-state index >= 15 is 0 Å². The summed E-state index contributed by atoms with van der Waals surface area (Å²) in [5.74, 6) is -0.261. The Balaban J connectivity index is 2.25. The number of aryl methyl sites for hydroxylation is 1. The summed E-state index contributed by atoms with van der Waals surface area (Å²) < 4.78 is 31.2. The lowest BCUT2D eigenvalue weighted by Crippen LogP contribution is -2.08. The van der Waals surface area contributed by atoms with Gasteiger partial charge < -0.3 is 4.74 Å². The van der Waals surface area contributed by atoms with Crippen LogP contribution in [0.25, 0.3) is 6.08 Å². The quantitative estimate of drug-likeness (QED) is 0.566. The fourth-order valence-electron chi connectivity index (χ4n) is 1.91. The van der Waals surface area contributed by atoms with E-state index in [2.05, 4.69) is 25.8 Å². The summed E-state index contributed by atoms with van der Waals surface area (Å²) >= 11 is 3.27. The molecule has 1 heterocycles. The van der Waals surface area contributed by atoms with Crippen molar-refractivity contribution in [1.82, 2.24) is 9.78 Å². The summed E-state index contributed by atoms with van der Waals surface area (Å²) in [6.45, 7) is -0.502. The molecule has 4 nitrogen and oxygen atoms in total. The normalized spacial score (nSPS) is 11.3. The second kappa shape index (κ2) is 7.31. The van der Waals surface area contributed by atoms with Crippen molar-refractivity contribution in [2.75, 3.05) is 0 Å². The molecule has 1 aromatic heterocycles. The van der Waals surface area contributed by atoms with Crippen LogP contribution in [0.1, 0.15) is 23.0 Å². The summed E-state index contributed by atoms with van der Waals surface area (Å²) in [5, 5.41) is 4.06. The molecule has 0 N–H and O–H groups in total. The van der Waals surface area contributed by atoms with Crippen LogP contribution in [0, 0.1) is 0 Å². The second-order valence-corrected chi connectivity index (χ2v) is 5.13. The largest absolute Gasteiger partial charge is 0.434 e. The number of ether oxygens (including phenoxy) is 1. The van der Waals surface area contributed by atoms with Crippen LogP contribution in [0.2, 0.25) is 0 Å². The molecular weight excluding hydrogens is 358 g/mol. The number of para-hydroxylation sites is 1. The van der Waals surface area contributed by atoms with Crippen molar-refractivity contribution in [1.29, 1.82) is 0 Å². The topological polar surface area (TPSA) is 44.1 Å². The van der Waals surface area contributed by atoms with Crippen LogP contribution in [-0.4, -0.2) is 22.2 Å². The number of aromatic nitrogens is 2. The van der Waals surface area contributed by atoms with Gasteiger partial charge in [-0.2, -0.15) is 13.9 Å². The van der Waals surface area contributed by atoms with Crippen molar-refractivity contribution in [2.45, 2.75) is 20.1 Å². The van der Waals surface area contributed by atoms with Gasteiger partial charge in [0.25, 0.3) is 0 Å². The lowest BCUT2D eigenvalue weighted by Gasteiger charge is -2.07. The van der Waals surface area contributed by atoms with Gasteiger partial charge in [-0.15, -0.1) is 0 Å². The van der Waals surface area contributed by atoms with E-state index in [4.69, 9.17) is 0 Å². The predicted octanol–water partition coefficient (Wildman–Crippen LogP) is 4.16. The molecule has 0 fully saturated rings. The van der Waals surface area contributed by atoms with Gasteiger partial charge in [0.05, 0.1) is 10.7 Å². The highest BCUT2D eigenvalue weighted by molar-refractivity contribution is 9.10. The number of allylic oxidation sites excluding steroid dienone is 1. The Kier molecular flexibility index (Phi) is 5.43. The maximum absolute atomic E-state index is 12.3. The van der Waals surface area contributed by atoms with E-state index in [9.17, 15) is 13.6 Å². The smallest absolute Gasteiger partial charge is 0.387 e. The van der Waals surface area contributed by atoms with Gasteiger partial charge in [0.2, 0.25) is 5.78 Å². The molecule has 0 bridgehead atoms. The van der Waals surface area contributed by atoms with Crippen molar-refractivity contribution in [3.63, 3.8) is 0 Å². The Hall–Kier alpha value is -2.02. The first-order valence-electron chi connectivity index (χ1n) is 6.50. The average molecular weight is 371 g/mol. The van der Waals surface area contributed by atoms with Gasteiger partial charge in [0.15, 0.2) is 0 Å². The molecule has 2 rings (SSSR count). The van der Waals surface area contributed by atoms with Gasteiger partial charge in [-0.3, -0.25) is 9.48 Å². The van der Waals surface area contributed by atoms with Gasteiger partial charge in [-0.1, -0.05) is 18.2 Å². The third-order valence-electron chi connectivity index (χ3n) is 2.88. The Bertz CT molecular complexity index is 699. The third kappa shape index (κ3) is 3.79. The minimum Gasteiger partial charge on any atom is -0.434 e. The summed E-state index contributed by atoms with van der Waals surface area (Å²) in [7, 11) is 0. The first kappa shape index (κ1) is 16.4. The first-order valence-corrected chi connectivity index (χ1v) is 7.29. The maximum Gasteiger partial charge on any atom is 0.387 e. The summed E-state index contributed by atoms with van der Waals surface area (Å²) in [6.07, 6.45) is 4.29. The van der Waals surface area contributed by atoms with E-state index in [1.165, 1.54) is 18.2 Å². The van der Waals surface area contributed by atoms with Crippen LogP contribution in [0.3, 0.4) is 0 Å². The van der Waals surface area contributed by atoms with Crippen LogP contribution < -0.4 is 4.74 Å². The van der Waals surface area contributed by atoms with Crippen LogP contribution in [0.4, 0.5) is 8.78 Å². The predicted molar refractivity (Wildman–Crippen MR) is 82.0 cm³/mol. The number of hydrogen-bond donors (Lipinski definition) is 0. The molecule has 0 aliphatic heterocycles. The van der Waals surface area contributed by atoms with Crippen molar-refractivity contribution in [3.05, 3.63) is 52.3 Å². The van der Waals surface area contributed by atoms with Gasteiger partial charge in [-0.05, 0) is 41.1 Å². The number of ketones is 1. The summed E-state index contributed by atoms with van der Waals surface area (Å²) in [6, 6.07) is 6.27. The molecule has 116 valence electrons. The van der Waals surface area contributed by atoms with Crippen molar-refractivity contribution < 1.29 is 18.3 Å². The van der Waals surface area contributed by atoms with E-state index in [-0.39, 0.29) is 11.5 Å². The maximum atomic E-state index is 12.3. The Morgan fingerprint density at radius 2 is 2.18 bits per heavy atom. The van der Waals surface area contributed by atoms with Gasteiger partial charge in [-0.25, -0.2) is 0 Å². The van der Waals surface area contributed by atoms with Gasteiger partial charge >= 0.3 is 6.61 Å². The van der Waals surface area contributed by atoms with Crippen LogP contribution >= 0.6 is 15.9 Å². The highest BCUT2D eigenvalue weighted by atomic mass is 79.9. The minimum absolute atomic E-state index is 0.0182. The number of carbonyl (C=O) groups excluding carboxylic acids is 1. The molecule has 2 aromatic rings. The van der Waals surface area contributed by atoms with E-state index < -0.39 is 6.61 Å². The molecule has 0 atom stereocenters. The molecule has 7 heteroatoms. The lowest BCUT2D eigenvalue weighted by molar-refractivity contribution is -0.0499. The fourth-order valence-corrected chi connectivity index (χ4v) is 2.40. The van der Waals surface area contributed by atoms with Gasteiger partial charge in [0, 0.05) is 12.1 Å². The zero-order valence-electron chi connectivity index (χ0n) is 11.7. The molecule has 0 aliphatic carbocycles. The second-order valence-electron chi connectivity index (χ2n) is 4.27. The van der Waals surface area contributed by atoms with E-state index in [1.807, 2.05) is 6.92 Å². The lowest BCUT2D eigenvalue weighted by atomic mass is 10.1. The number of halogens is 3. The molecule has 0 aliphatic rings. The fraction of sp³-hybridized carbons (Fsp3) is 0.200. The van der Waals surface area contributed by atoms with Crippen LogP contribution in [-0.2, 0) is 6.54 Å². The summed E-state index contributed by atoms with van der Waals surface area (Å²) in [5.41, 5.74) is 0.806. The molecule has 0 saturated heterocycles. The van der Waals surface area contributed by atoms with Gasteiger partial charge in [0.1, 0.15) is 11.4 Å². The number of benzene rings is 1. The van der Waals surface area contributed by atoms with E-state index in [0.717, 1.165) is 0 Å². The highest BCUT2D eigenvalue weighted by Crippen LogP contribution is 2.22. The SMILES string of the molecule is CCn1ncc(Br)c1C(=O)/C=C/c1ccccc1OC(F)F. The molecule has 0 saturated carbocycles. The van der Waals surface area contributed by atoms with E-state index in [1.54, 1.807) is 29.1 Å². The standard InChI is InChI=1S/C15H13BrF2N2O2/c1-2-20-14(11(16)9-19-20)12(21)8-7-10-5-3-4-6-13(10)22-15(17)18/h3-9,15H,2H2,1H3/b8-7+. The molecule has 0 amide bonds. The molecule has 22 heavy (non-hydrogen) atoms. The Labute approximate surface area is 134 Å². The van der Waals surface area contributed by atoms with Crippen LogP contribution in [0.15, 0.2) is 41.0 Å². The zero-order chi connectivity index (χ0) is 16.1. The number of rotatable bonds is 6. The molecule has 0 radical (unpaired) electrons. The first-order chi connectivity index (χ1) is 10.5. The Morgan fingerprint density at radius 1 is 1.45 bits per heavy atom. The van der Waals surface area contributed by atoms with Crippen molar-refractivity contribution in [3.8, 4) is 5.75 Å². The number of hydrogen-bond acceptors (Lipinski definition) is 3.